The smallest absolute Gasteiger partial charge is 0.272 e. The van der Waals surface area contributed by atoms with Crippen molar-refractivity contribution in [1.29, 1.82) is 0 Å². The van der Waals surface area contributed by atoms with Gasteiger partial charge in [-0.15, -0.1) is 0 Å². The number of ether oxygens (including phenoxy) is 1. The number of pyridine rings is 1. The number of nitrogens with zero attached hydrogens (tertiary/aromatic N) is 7. The molecule has 4 aromatic heterocycles. The number of imidazole rings is 1. The van der Waals surface area contributed by atoms with E-state index in [9.17, 15) is 9.59 Å². The van der Waals surface area contributed by atoms with Crippen molar-refractivity contribution in [2.45, 2.75) is 57.7 Å². The molecule has 5 aromatic rings. The summed E-state index contributed by atoms with van der Waals surface area (Å²) < 4.78 is 10.0. The van der Waals surface area contributed by atoms with Crippen LogP contribution in [0.3, 0.4) is 0 Å². The molecule has 3 aliphatic heterocycles. The van der Waals surface area contributed by atoms with Gasteiger partial charge in [-0.3, -0.25) is 14.6 Å². The molecular formula is C35H39N9O3. The van der Waals surface area contributed by atoms with Crippen LogP contribution < -0.4 is 10.6 Å². The van der Waals surface area contributed by atoms with Crippen LogP contribution in [0.15, 0.2) is 42.7 Å². The maximum Gasteiger partial charge on any atom is 0.272 e. The van der Waals surface area contributed by atoms with Crippen molar-refractivity contribution in [3.05, 3.63) is 70.9 Å². The van der Waals surface area contributed by atoms with Crippen LogP contribution in [0.2, 0.25) is 0 Å². The number of aryl methyl sites for hydroxylation is 3. The van der Waals surface area contributed by atoms with Crippen LogP contribution in [-0.2, 0) is 31.2 Å². The average Bonchev–Trinajstić information content (AvgIpc) is 3.61. The van der Waals surface area contributed by atoms with E-state index in [1.54, 1.807) is 12.4 Å². The number of hydrogen-bond acceptors (Lipinski definition) is 8. The first-order chi connectivity index (χ1) is 22.9. The third-order valence-corrected chi connectivity index (χ3v) is 9.78. The minimum atomic E-state index is -0.322. The molecule has 2 amide bonds. The van der Waals surface area contributed by atoms with E-state index in [-0.39, 0.29) is 23.9 Å². The Labute approximate surface area is 272 Å². The minimum Gasteiger partial charge on any atom is -0.378 e. The van der Waals surface area contributed by atoms with E-state index in [4.69, 9.17) is 14.7 Å². The van der Waals surface area contributed by atoms with Crippen LogP contribution in [-0.4, -0.2) is 84.7 Å². The molecule has 2 bridgehead atoms. The summed E-state index contributed by atoms with van der Waals surface area (Å²) in [6.45, 7) is 6.20. The molecule has 12 nitrogen and oxygen atoms in total. The van der Waals surface area contributed by atoms with E-state index in [0.29, 0.717) is 38.4 Å². The lowest BCUT2D eigenvalue weighted by molar-refractivity contribution is 0.0511. The van der Waals surface area contributed by atoms with Crippen molar-refractivity contribution in [2.75, 3.05) is 32.8 Å². The number of benzene rings is 1. The van der Waals surface area contributed by atoms with Gasteiger partial charge in [0.25, 0.3) is 11.8 Å². The molecule has 0 radical (unpaired) electrons. The minimum absolute atomic E-state index is 0.0570. The second-order valence-corrected chi connectivity index (χ2v) is 12.9. The molecule has 12 heteroatoms. The zero-order chi connectivity index (χ0) is 32.1. The first-order valence-electron chi connectivity index (χ1n) is 16.7. The molecule has 0 aliphatic carbocycles. The second kappa shape index (κ2) is 12.2. The van der Waals surface area contributed by atoms with Gasteiger partial charge in [-0.05, 0) is 68.5 Å². The Bertz CT molecular complexity index is 2010. The predicted molar refractivity (Wildman–Crippen MR) is 177 cm³/mol. The predicted octanol–water partition coefficient (Wildman–Crippen LogP) is 3.58. The fourth-order valence-corrected chi connectivity index (χ4v) is 7.23. The number of fused-ring (bicyclic) bond motifs is 4. The van der Waals surface area contributed by atoms with Gasteiger partial charge in [0.05, 0.1) is 47.4 Å². The van der Waals surface area contributed by atoms with Gasteiger partial charge in [-0.1, -0.05) is 6.42 Å². The Morgan fingerprint density at radius 2 is 1.89 bits per heavy atom. The van der Waals surface area contributed by atoms with Gasteiger partial charge < -0.3 is 29.4 Å². The number of hydrogen-bond donors (Lipinski definition) is 2. The van der Waals surface area contributed by atoms with Crippen LogP contribution in [0.1, 0.15) is 70.0 Å². The lowest BCUT2D eigenvalue weighted by Crippen LogP contribution is -2.51. The Kier molecular flexibility index (Phi) is 7.69. The van der Waals surface area contributed by atoms with E-state index >= 15 is 0 Å². The molecule has 3 aliphatic rings. The van der Waals surface area contributed by atoms with Gasteiger partial charge in [0, 0.05) is 62.6 Å². The van der Waals surface area contributed by atoms with Crippen LogP contribution in [0.5, 0.6) is 0 Å². The summed E-state index contributed by atoms with van der Waals surface area (Å²) in [5, 5.41) is 7.57. The van der Waals surface area contributed by atoms with Crippen LogP contribution in [0.4, 0.5) is 0 Å². The van der Waals surface area contributed by atoms with E-state index in [1.165, 1.54) is 0 Å². The molecule has 47 heavy (non-hydrogen) atoms. The highest BCUT2D eigenvalue weighted by Gasteiger charge is 2.29. The van der Waals surface area contributed by atoms with E-state index in [2.05, 4.69) is 47.9 Å². The first-order valence-corrected chi connectivity index (χ1v) is 16.7. The molecule has 2 atom stereocenters. The molecular weight excluding hydrogens is 594 g/mol. The van der Waals surface area contributed by atoms with Gasteiger partial charge in [-0.2, -0.15) is 0 Å². The van der Waals surface area contributed by atoms with Crippen molar-refractivity contribution in [3.8, 4) is 11.5 Å². The van der Waals surface area contributed by atoms with E-state index < -0.39 is 0 Å². The summed E-state index contributed by atoms with van der Waals surface area (Å²) in [6, 6.07) is 10.1. The number of amides is 2. The van der Waals surface area contributed by atoms with Gasteiger partial charge in [-0.25, -0.2) is 15.0 Å². The van der Waals surface area contributed by atoms with Crippen molar-refractivity contribution in [3.63, 3.8) is 0 Å². The normalized spacial score (nSPS) is 20.7. The number of carbonyl (C=O) groups is 2. The third-order valence-electron chi connectivity index (χ3n) is 9.78. The Balaban J connectivity index is 1.15. The van der Waals surface area contributed by atoms with Gasteiger partial charge in [0.2, 0.25) is 0 Å². The topological polar surface area (TPSA) is 132 Å². The number of rotatable bonds is 3. The second-order valence-electron chi connectivity index (χ2n) is 12.9. The summed E-state index contributed by atoms with van der Waals surface area (Å²) in [5.74, 6) is 0.655. The highest BCUT2D eigenvalue weighted by molar-refractivity contribution is 6.00. The van der Waals surface area contributed by atoms with Gasteiger partial charge in [0.1, 0.15) is 11.3 Å². The molecule has 8 rings (SSSR count). The van der Waals surface area contributed by atoms with Gasteiger partial charge >= 0.3 is 0 Å². The first kappa shape index (κ1) is 29.7. The molecule has 0 spiro atoms. The third kappa shape index (κ3) is 5.44. The van der Waals surface area contributed by atoms with Crippen molar-refractivity contribution in [2.24, 2.45) is 7.05 Å². The molecule has 1 saturated heterocycles. The quantitative estimate of drug-likeness (QED) is 0.308. The summed E-state index contributed by atoms with van der Waals surface area (Å²) >= 11 is 0. The molecule has 1 fully saturated rings. The molecule has 0 saturated carbocycles. The zero-order valence-electron chi connectivity index (χ0n) is 26.8. The number of aromatic nitrogens is 6. The summed E-state index contributed by atoms with van der Waals surface area (Å²) in [7, 11) is 2.05. The Hall–Kier alpha value is -4.68. The molecule has 1 aromatic carbocycles. The maximum absolute atomic E-state index is 13.6. The van der Waals surface area contributed by atoms with E-state index in [0.717, 1.165) is 94.9 Å². The van der Waals surface area contributed by atoms with Gasteiger partial charge in [0.15, 0.2) is 5.82 Å². The molecule has 7 heterocycles. The van der Waals surface area contributed by atoms with Crippen LogP contribution in [0, 0.1) is 0 Å². The molecule has 242 valence electrons. The summed E-state index contributed by atoms with van der Waals surface area (Å²) in [4.78, 5) is 47.8. The maximum atomic E-state index is 13.6. The largest absolute Gasteiger partial charge is 0.378 e. The number of nitrogens with one attached hydrogen (secondary N) is 2. The SMILES string of the molecule is C[C@H]1NC(=O)c2nccnc2CCCCCn2c(-c3nc4cc5c(cc4n3C)CCN(C[C@H]3COCCN3)C5=O)cc3ccc1nc32. The highest BCUT2D eigenvalue weighted by Crippen LogP contribution is 2.33. The molecule has 2 N–H and O–H groups in total. The van der Waals surface area contributed by atoms with Crippen LogP contribution in [0.25, 0.3) is 33.6 Å². The molecule has 0 unspecified atom stereocenters. The fourth-order valence-electron chi connectivity index (χ4n) is 7.23. The van der Waals surface area contributed by atoms with Crippen molar-refractivity contribution >= 4 is 33.9 Å². The summed E-state index contributed by atoms with van der Waals surface area (Å²) in [6.07, 6.45) is 7.51. The fraction of sp³-hybridized carbons (Fsp3) is 0.429. The van der Waals surface area contributed by atoms with Crippen molar-refractivity contribution in [1.82, 2.24) is 44.6 Å². The standard InChI is InChI=1S/C35H39N9O3/c1-21-26-8-7-23-17-30(44(32(23)40-26)13-5-3-4-6-27-31(34(45)39-21)38-11-10-37-27)33-41-28-18-25-22(16-29(28)42(33)2)9-14-43(35(25)46)19-24-20-47-15-12-36-24/h7-8,10-11,16-18,21,24,36H,3-6,9,12-15,19-20H2,1-2H3,(H,39,45)/t21-,24+/m1/s1. The average molecular weight is 634 g/mol. The highest BCUT2D eigenvalue weighted by atomic mass is 16.5. The number of morpholine rings is 1. The summed E-state index contributed by atoms with van der Waals surface area (Å²) in [5.41, 5.74) is 7.35. The monoisotopic (exact) mass is 633 g/mol. The Morgan fingerprint density at radius 3 is 2.77 bits per heavy atom. The Morgan fingerprint density at radius 1 is 1.00 bits per heavy atom. The number of carbonyl (C=O) groups excluding carboxylic acids is 2. The van der Waals surface area contributed by atoms with E-state index in [1.807, 2.05) is 31.0 Å². The lowest BCUT2D eigenvalue weighted by atomic mass is 9.97. The van der Waals surface area contributed by atoms with Crippen molar-refractivity contribution < 1.29 is 14.3 Å². The van der Waals surface area contributed by atoms with Crippen LogP contribution >= 0.6 is 0 Å². The lowest BCUT2D eigenvalue weighted by Gasteiger charge is -2.33. The zero-order valence-corrected chi connectivity index (χ0v) is 26.8.